The van der Waals surface area contributed by atoms with Crippen LogP contribution in [0, 0.1) is 5.41 Å². The van der Waals surface area contributed by atoms with E-state index in [0.717, 1.165) is 18.7 Å². The number of likely N-dealkylation sites (N-methyl/N-ethyl adjacent to an activating group) is 1. The number of benzene rings is 1. The van der Waals surface area contributed by atoms with Gasteiger partial charge in [-0.1, -0.05) is 39.0 Å². The maximum absolute atomic E-state index is 13.4. The topological polar surface area (TPSA) is 122 Å². The predicted molar refractivity (Wildman–Crippen MR) is 122 cm³/mol. The molecule has 0 saturated carbocycles. The van der Waals surface area contributed by atoms with Crippen LogP contribution in [-0.4, -0.2) is 58.9 Å². The molecule has 0 unspecified atom stereocenters. The molecule has 3 rings (SSSR count). The van der Waals surface area contributed by atoms with Crippen LogP contribution in [-0.2, 0) is 17.9 Å². The normalized spacial score (nSPS) is 15.4. The van der Waals surface area contributed by atoms with E-state index in [1.165, 1.54) is 0 Å². The Bertz CT molecular complexity index is 1040. The number of amides is 3. The smallest absolute Gasteiger partial charge is 0.272 e. The summed E-state index contributed by atoms with van der Waals surface area (Å²) in [4.78, 5) is 44.7. The standard InChI is InChI=1S/C23H32N6O3/c1-23(2,3)18(22(32)25-4)27-21(31)17-16-13-28(5)11-8-12-29(16)20(26-17)15-10-7-6-9-14(15)19(24)30/h6-7,9-10,18H,8,11-13H2,1-5H3,(H2,24,30)(H,25,32)(H,27,31)/t18-/m1/s1. The molecule has 172 valence electrons. The summed E-state index contributed by atoms with van der Waals surface area (Å²) in [6, 6.07) is 6.27. The van der Waals surface area contributed by atoms with Gasteiger partial charge in [-0.05, 0) is 31.5 Å². The zero-order valence-electron chi connectivity index (χ0n) is 19.4. The molecule has 1 aliphatic rings. The molecule has 0 bridgehead atoms. The highest BCUT2D eigenvalue weighted by molar-refractivity contribution is 6.00. The lowest BCUT2D eigenvalue weighted by molar-refractivity contribution is -0.124. The number of rotatable bonds is 5. The highest BCUT2D eigenvalue weighted by Crippen LogP contribution is 2.29. The number of carbonyl (C=O) groups is 3. The number of nitrogens with zero attached hydrogens (tertiary/aromatic N) is 3. The summed E-state index contributed by atoms with van der Waals surface area (Å²) in [5.74, 6) is -0.716. The first-order chi connectivity index (χ1) is 15.0. The number of imidazole rings is 1. The molecule has 9 heteroatoms. The fraction of sp³-hybridized carbons (Fsp3) is 0.478. The van der Waals surface area contributed by atoms with Crippen LogP contribution in [0.15, 0.2) is 24.3 Å². The average molecular weight is 441 g/mol. The van der Waals surface area contributed by atoms with Crippen LogP contribution in [0.1, 0.15) is 53.7 Å². The zero-order valence-corrected chi connectivity index (χ0v) is 19.4. The van der Waals surface area contributed by atoms with E-state index in [-0.39, 0.29) is 11.6 Å². The minimum Gasteiger partial charge on any atom is -0.366 e. The second-order valence-electron chi connectivity index (χ2n) is 9.27. The van der Waals surface area contributed by atoms with Gasteiger partial charge in [-0.2, -0.15) is 0 Å². The van der Waals surface area contributed by atoms with Gasteiger partial charge in [-0.25, -0.2) is 4.98 Å². The van der Waals surface area contributed by atoms with E-state index in [1.54, 1.807) is 25.2 Å². The number of nitrogens with one attached hydrogen (secondary N) is 2. The summed E-state index contributed by atoms with van der Waals surface area (Å²) in [6.45, 7) is 7.72. The summed E-state index contributed by atoms with van der Waals surface area (Å²) in [6.07, 6.45) is 0.871. The van der Waals surface area contributed by atoms with Crippen LogP contribution in [0.5, 0.6) is 0 Å². The van der Waals surface area contributed by atoms with Gasteiger partial charge < -0.3 is 25.8 Å². The summed E-state index contributed by atoms with van der Waals surface area (Å²) in [5.41, 5.74) is 7.05. The van der Waals surface area contributed by atoms with Crippen molar-refractivity contribution in [2.45, 2.75) is 46.3 Å². The van der Waals surface area contributed by atoms with Crippen molar-refractivity contribution >= 4 is 17.7 Å². The molecule has 1 aliphatic heterocycles. The Balaban J connectivity index is 2.12. The quantitative estimate of drug-likeness (QED) is 0.648. The number of fused-ring (bicyclic) bond motifs is 1. The molecular formula is C23H32N6O3. The van der Waals surface area contributed by atoms with Gasteiger partial charge >= 0.3 is 0 Å². The summed E-state index contributed by atoms with van der Waals surface area (Å²) in [5, 5.41) is 5.49. The van der Waals surface area contributed by atoms with Crippen molar-refractivity contribution in [1.29, 1.82) is 0 Å². The molecule has 0 aliphatic carbocycles. The number of hydrogen-bond acceptors (Lipinski definition) is 5. The van der Waals surface area contributed by atoms with E-state index < -0.39 is 23.3 Å². The molecule has 9 nitrogen and oxygen atoms in total. The molecule has 0 fully saturated rings. The van der Waals surface area contributed by atoms with E-state index in [1.807, 2.05) is 38.5 Å². The SMILES string of the molecule is CNC(=O)[C@@H](NC(=O)c1nc(-c2ccccc2C(N)=O)n2c1CN(C)CCC2)C(C)(C)C. The maximum atomic E-state index is 13.4. The van der Waals surface area contributed by atoms with Crippen molar-refractivity contribution in [2.75, 3.05) is 20.6 Å². The number of hydrogen-bond donors (Lipinski definition) is 3. The minimum atomic E-state index is -0.734. The lowest BCUT2D eigenvalue weighted by Crippen LogP contribution is -2.53. The molecule has 0 radical (unpaired) electrons. The Morgan fingerprint density at radius 3 is 2.47 bits per heavy atom. The van der Waals surface area contributed by atoms with Crippen molar-refractivity contribution in [3.8, 4) is 11.4 Å². The Hall–Kier alpha value is -3.20. The van der Waals surface area contributed by atoms with Gasteiger partial charge in [0.15, 0.2) is 5.69 Å². The molecule has 1 atom stereocenters. The molecule has 3 amide bonds. The zero-order chi connectivity index (χ0) is 23.6. The van der Waals surface area contributed by atoms with Crippen LogP contribution in [0.25, 0.3) is 11.4 Å². The van der Waals surface area contributed by atoms with Gasteiger partial charge in [0.2, 0.25) is 11.8 Å². The molecule has 32 heavy (non-hydrogen) atoms. The number of primary amides is 1. The second kappa shape index (κ2) is 9.12. The van der Waals surface area contributed by atoms with Gasteiger partial charge in [0.1, 0.15) is 11.9 Å². The lowest BCUT2D eigenvalue weighted by Gasteiger charge is -2.29. The highest BCUT2D eigenvalue weighted by Gasteiger charge is 2.35. The first-order valence-electron chi connectivity index (χ1n) is 10.7. The second-order valence-corrected chi connectivity index (χ2v) is 9.27. The van der Waals surface area contributed by atoms with E-state index in [9.17, 15) is 14.4 Å². The third-order valence-corrected chi connectivity index (χ3v) is 5.71. The van der Waals surface area contributed by atoms with Crippen LogP contribution in [0.4, 0.5) is 0 Å². The Morgan fingerprint density at radius 2 is 1.84 bits per heavy atom. The van der Waals surface area contributed by atoms with E-state index in [4.69, 9.17) is 5.73 Å². The lowest BCUT2D eigenvalue weighted by atomic mass is 9.86. The van der Waals surface area contributed by atoms with Gasteiger partial charge in [-0.3, -0.25) is 14.4 Å². The molecule has 0 spiro atoms. The van der Waals surface area contributed by atoms with Crippen molar-refractivity contribution in [3.63, 3.8) is 0 Å². The van der Waals surface area contributed by atoms with E-state index in [0.29, 0.717) is 30.0 Å². The van der Waals surface area contributed by atoms with E-state index in [2.05, 4.69) is 20.5 Å². The maximum Gasteiger partial charge on any atom is 0.272 e. The monoisotopic (exact) mass is 440 g/mol. The summed E-state index contributed by atoms with van der Waals surface area (Å²) in [7, 11) is 3.54. The molecule has 1 aromatic carbocycles. The van der Waals surface area contributed by atoms with Gasteiger partial charge in [0, 0.05) is 25.7 Å². The average Bonchev–Trinajstić information content (AvgIpc) is 2.96. The third-order valence-electron chi connectivity index (χ3n) is 5.71. The highest BCUT2D eigenvalue weighted by atomic mass is 16.2. The largest absolute Gasteiger partial charge is 0.366 e. The van der Waals surface area contributed by atoms with Crippen molar-refractivity contribution in [2.24, 2.45) is 11.1 Å². The Morgan fingerprint density at radius 1 is 1.16 bits per heavy atom. The van der Waals surface area contributed by atoms with Gasteiger partial charge in [0.05, 0.1) is 11.3 Å². The van der Waals surface area contributed by atoms with Crippen LogP contribution in [0.2, 0.25) is 0 Å². The van der Waals surface area contributed by atoms with Crippen molar-refractivity contribution in [3.05, 3.63) is 41.2 Å². The fourth-order valence-corrected chi connectivity index (χ4v) is 4.02. The molecule has 1 aromatic heterocycles. The Kier molecular flexibility index (Phi) is 6.68. The van der Waals surface area contributed by atoms with Crippen LogP contribution in [0.3, 0.4) is 0 Å². The molecule has 2 heterocycles. The number of carbonyl (C=O) groups excluding carboxylic acids is 3. The third kappa shape index (κ3) is 4.67. The predicted octanol–water partition coefficient (Wildman–Crippen LogP) is 1.37. The van der Waals surface area contributed by atoms with E-state index >= 15 is 0 Å². The minimum absolute atomic E-state index is 0.256. The number of aromatic nitrogens is 2. The van der Waals surface area contributed by atoms with Crippen molar-refractivity contribution < 1.29 is 14.4 Å². The molecule has 4 N–H and O–H groups in total. The molecular weight excluding hydrogens is 408 g/mol. The first kappa shape index (κ1) is 23.5. The summed E-state index contributed by atoms with van der Waals surface area (Å²) < 4.78 is 1.99. The molecule has 2 aromatic rings. The number of nitrogens with two attached hydrogens (primary N) is 1. The Labute approximate surface area is 188 Å². The van der Waals surface area contributed by atoms with Gasteiger partial charge in [0.25, 0.3) is 5.91 Å². The first-order valence-corrected chi connectivity index (χ1v) is 10.7. The van der Waals surface area contributed by atoms with Crippen LogP contribution >= 0.6 is 0 Å². The summed E-state index contributed by atoms with van der Waals surface area (Å²) >= 11 is 0. The van der Waals surface area contributed by atoms with Crippen LogP contribution < -0.4 is 16.4 Å². The fourth-order valence-electron chi connectivity index (χ4n) is 4.02. The van der Waals surface area contributed by atoms with Gasteiger partial charge in [-0.15, -0.1) is 0 Å². The van der Waals surface area contributed by atoms with Crippen molar-refractivity contribution in [1.82, 2.24) is 25.1 Å². The molecule has 0 saturated heterocycles.